The summed E-state index contributed by atoms with van der Waals surface area (Å²) in [5.74, 6) is -0.823. The van der Waals surface area contributed by atoms with E-state index in [0.717, 1.165) is 0 Å². The largest absolute Gasteiger partial charge is 0.484 e. The van der Waals surface area contributed by atoms with Crippen LogP contribution in [-0.2, 0) is 9.59 Å². The van der Waals surface area contributed by atoms with E-state index in [-0.39, 0.29) is 24.7 Å². The lowest BCUT2D eigenvalue weighted by Gasteiger charge is -2.16. The van der Waals surface area contributed by atoms with E-state index in [0.29, 0.717) is 17.0 Å². The summed E-state index contributed by atoms with van der Waals surface area (Å²) in [5, 5.41) is 2.58. The molecule has 0 aromatic heterocycles. The van der Waals surface area contributed by atoms with E-state index in [1.54, 1.807) is 12.1 Å². The molecular weight excluding hydrogens is 224 g/mol. The highest BCUT2D eigenvalue weighted by atomic mass is 16.5. The Kier molecular flexibility index (Phi) is 2.78. The van der Waals surface area contributed by atoms with Crippen LogP contribution in [0.25, 0.3) is 0 Å². The molecule has 1 aliphatic rings. The van der Waals surface area contributed by atoms with Gasteiger partial charge in [0.25, 0.3) is 5.91 Å². The van der Waals surface area contributed by atoms with Crippen molar-refractivity contribution < 1.29 is 19.1 Å². The molecule has 1 aromatic rings. The molecule has 0 aliphatic carbocycles. The van der Waals surface area contributed by atoms with Gasteiger partial charge in [0.1, 0.15) is 5.75 Å². The third-order valence-corrected chi connectivity index (χ3v) is 2.27. The number of ether oxygens (including phenoxy) is 1. The molecule has 0 radical (unpaired) electrons. The molecule has 1 heterocycles. The summed E-state index contributed by atoms with van der Waals surface area (Å²) < 4.78 is 5.07. The Labute approximate surface area is 96.7 Å². The van der Waals surface area contributed by atoms with Gasteiger partial charge in [-0.25, -0.2) is 0 Å². The van der Waals surface area contributed by atoms with Crippen LogP contribution in [0.4, 0.5) is 5.69 Å². The highest BCUT2D eigenvalue weighted by Gasteiger charge is 2.22. The first kappa shape index (κ1) is 11.1. The molecule has 0 bridgehead atoms. The van der Waals surface area contributed by atoms with Gasteiger partial charge in [0.15, 0.2) is 12.4 Å². The number of hydrogen-bond acceptors (Lipinski definition) is 4. The van der Waals surface area contributed by atoms with Crippen LogP contribution >= 0.6 is 0 Å². The van der Waals surface area contributed by atoms with Gasteiger partial charge in [-0.1, -0.05) is 0 Å². The van der Waals surface area contributed by atoms with E-state index < -0.39 is 5.91 Å². The number of carbonyl (C=O) groups excluding carboxylic acids is 3. The summed E-state index contributed by atoms with van der Waals surface area (Å²) in [7, 11) is 0. The molecule has 0 saturated heterocycles. The van der Waals surface area contributed by atoms with Crippen LogP contribution in [0.15, 0.2) is 18.2 Å². The minimum absolute atomic E-state index is 0.174. The molecule has 0 spiro atoms. The number of fused-ring (bicyclic) bond motifs is 1. The molecule has 3 N–H and O–H groups in total. The SMILES string of the molecule is NC(=O)COc1ccc2c(c1)C(=O)CC(=O)N2. The number of primary amides is 1. The van der Waals surface area contributed by atoms with E-state index in [4.69, 9.17) is 10.5 Å². The minimum atomic E-state index is -0.595. The maximum atomic E-state index is 11.6. The number of benzene rings is 1. The molecule has 0 atom stereocenters. The molecule has 0 saturated carbocycles. The molecule has 6 nitrogen and oxygen atoms in total. The number of ketones is 1. The van der Waals surface area contributed by atoms with Crippen molar-refractivity contribution in [2.45, 2.75) is 6.42 Å². The summed E-state index contributed by atoms with van der Waals surface area (Å²) in [6.45, 7) is -0.251. The average molecular weight is 234 g/mol. The van der Waals surface area contributed by atoms with E-state index in [1.165, 1.54) is 6.07 Å². The predicted octanol–water partition coefficient (Wildman–Crippen LogP) is 0.0756. The summed E-state index contributed by atoms with van der Waals surface area (Å²) in [6.07, 6.45) is -0.174. The normalized spacial score (nSPS) is 13.9. The molecule has 2 rings (SSSR count). The molecule has 0 unspecified atom stereocenters. The summed E-state index contributed by atoms with van der Waals surface area (Å²) >= 11 is 0. The number of anilines is 1. The van der Waals surface area contributed by atoms with Crippen molar-refractivity contribution in [2.24, 2.45) is 5.73 Å². The minimum Gasteiger partial charge on any atom is -0.484 e. The van der Waals surface area contributed by atoms with Gasteiger partial charge in [-0.05, 0) is 18.2 Å². The van der Waals surface area contributed by atoms with Gasteiger partial charge in [-0.15, -0.1) is 0 Å². The van der Waals surface area contributed by atoms with Crippen LogP contribution in [0.2, 0.25) is 0 Å². The Hall–Kier alpha value is -2.37. The van der Waals surface area contributed by atoms with Gasteiger partial charge in [0, 0.05) is 5.56 Å². The van der Waals surface area contributed by atoms with Crippen molar-refractivity contribution >= 4 is 23.3 Å². The fourth-order valence-corrected chi connectivity index (χ4v) is 1.54. The standard InChI is InChI=1S/C11H10N2O4/c12-10(15)5-17-6-1-2-8-7(3-6)9(14)4-11(16)13-8/h1-3H,4-5H2,(H2,12,15)(H,13,16). The van der Waals surface area contributed by atoms with Crippen LogP contribution in [0.1, 0.15) is 16.8 Å². The lowest BCUT2D eigenvalue weighted by Crippen LogP contribution is -2.24. The molecule has 1 aliphatic heterocycles. The second-order valence-corrected chi connectivity index (χ2v) is 3.61. The maximum Gasteiger partial charge on any atom is 0.255 e. The van der Waals surface area contributed by atoms with Gasteiger partial charge < -0.3 is 15.8 Å². The van der Waals surface area contributed by atoms with Crippen molar-refractivity contribution in [1.29, 1.82) is 0 Å². The Morgan fingerprint density at radius 3 is 2.88 bits per heavy atom. The number of rotatable bonds is 3. The fourth-order valence-electron chi connectivity index (χ4n) is 1.54. The van der Waals surface area contributed by atoms with Gasteiger partial charge >= 0.3 is 0 Å². The molecule has 1 aromatic carbocycles. The second-order valence-electron chi connectivity index (χ2n) is 3.61. The van der Waals surface area contributed by atoms with E-state index in [9.17, 15) is 14.4 Å². The quantitative estimate of drug-likeness (QED) is 0.723. The highest BCUT2D eigenvalue weighted by molar-refractivity contribution is 6.18. The van der Waals surface area contributed by atoms with Crippen LogP contribution in [0, 0.1) is 0 Å². The van der Waals surface area contributed by atoms with Crippen molar-refractivity contribution in [3.63, 3.8) is 0 Å². The topological polar surface area (TPSA) is 98.5 Å². The van der Waals surface area contributed by atoms with Gasteiger partial charge in [-0.2, -0.15) is 0 Å². The number of Topliss-reactive ketones (excluding diaryl/α,β-unsaturated/α-hetero) is 1. The molecule has 0 fully saturated rings. The Morgan fingerprint density at radius 1 is 1.41 bits per heavy atom. The van der Waals surface area contributed by atoms with E-state index in [2.05, 4.69) is 5.32 Å². The molecule has 6 heteroatoms. The Bertz CT molecular complexity index is 510. The van der Waals surface area contributed by atoms with Crippen molar-refractivity contribution in [2.75, 3.05) is 11.9 Å². The molecule has 2 amide bonds. The predicted molar refractivity (Wildman–Crippen MR) is 58.7 cm³/mol. The highest BCUT2D eigenvalue weighted by Crippen LogP contribution is 2.26. The van der Waals surface area contributed by atoms with Crippen molar-refractivity contribution in [3.05, 3.63) is 23.8 Å². The molecular formula is C11H10N2O4. The molecule has 17 heavy (non-hydrogen) atoms. The van der Waals surface area contributed by atoms with Gasteiger partial charge in [0.2, 0.25) is 5.91 Å². The van der Waals surface area contributed by atoms with E-state index in [1.807, 2.05) is 0 Å². The first-order valence-electron chi connectivity index (χ1n) is 4.94. The number of hydrogen-bond donors (Lipinski definition) is 2. The number of carbonyl (C=O) groups is 3. The third kappa shape index (κ3) is 2.41. The maximum absolute atomic E-state index is 11.6. The van der Waals surface area contributed by atoms with Gasteiger partial charge in [0.05, 0.1) is 12.1 Å². The number of nitrogens with one attached hydrogen (secondary N) is 1. The smallest absolute Gasteiger partial charge is 0.255 e. The Balaban J connectivity index is 2.24. The second kappa shape index (κ2) is 4.25. The third-order valence-electron chi connectivity index (χ3n) is 2.27. The zero-order valence-corrected chi connectivity index (χ0v) is 8.86. The summed E-state index contributed by atoms with van der Waals surface area (Å²) in [4.78, 5) is 33.2. The van der Waals surface area contributed by atoms with E-state index >= 15 is 0 Å². The zero-order valence-electron chi connectivity index (χ0n) is 8.86. The average Bonchev–Trinajstić information content (AvgIpc) is 2.26. The van der Waals surface area contributed by atoms with Crippen molar-refractivity contribution in [1.82, 2.24) is 0 Å². The first-order valence-corrected chi connectivity index (χ1v) is 4.94. The first-order chi connectivity index (χ1) is 8.06. The monoisotopic (exact) mass is 234 g/mol. The number of nitrogens with two attached hydrogens (primary N) is 1. The van der Waals surface area contributed by atoms with Crippen LogP contribution in [0.3, 0.4) is 0 Å². The summed E-state index contributed by atoms with van der Waals surface area (Å²) in [5.41, 5.74) is 5.77. The zero-order chi connectivity index (χ0) is 12.4. The van der Waals surface area contributed by atoms with Gasteiger partial charge in [-0.3, -0.25) is 14.4 Å². The lowest BCUT2D eigenvalue weighted by molar-refractivity contribution is -0.120. The lowest BCUT2D eigenvalue weighted by atomic mass is 10.0. The fraction of sp³-hybridized carbons (Fsp3) is 0.182. The van der Waals surface area contributed by atoms with Crippen LogP contribution < -0.4 is 15.8 Å². The van der Waals surface area contributed by atoms with Crippen molar-refractivity contribution in [3.8, 4) is 5.75 Å². The van der Waals surface area contributed by atoms with Crippen LogP contribution in [0.5, 0.6) is 5.75 Å². The van der Waals surface area contributed by atoms with Crippen LogP contribution in [-0.4, -0.2) is 24.2 Å². The Morgan fingerprint density at radius 2 is 2.18 bits per heavy atom. The number of amides is 2. The molecule has 88 valence electrons. The summed E-state index contributed by atoms with van der Waals surface area (Å²) in [6, 6.07) is 4.60.